The van der Waals surface area contributed by atoms with Gasteiger partial charge in [-0.05, 0) is 12.0 Å². The van der Waals surface area contributed by atoms with Crippen LogP contribution in [0.3, 0.4) is 0 Å². The van der Waals surface area contributed by atoms with Gasteiger partial charge < -0.3 is 42.4 Å². The van der Waals surface area contributed by atoms with Gasteiger partial charge in [-0.2, -0.15) is 0 Å². The molecule has 0 bridgehead atoms. The maximum atomic E-state index is 10.3. The quantitative estimate of drug-likeness (QED) is 0.206. The van der Waals surface area contributed by atoms with Crippen LogP contribution in [0.2, 0.25) is 0 Å². The van der Waals surface area contributed by atoms with Gasteiger partial charge in [0.05, 0.1) is 5.92 Å². The second-order valence-corrected chi connectivity index (χ2v) is 4.32. The Morgan fingerprint density at radius 1 is 1.00 bits per heavy atom. The Hall–Kier alpha value is 1.01. The summed E-state index contributed by atoms with van der Waals surface area (Å²) in [4.78, 5) is 10.3. The molecule has 9 nitrogen and oxygen atoms in total. The third-order valence-corrected chi connectivity index (χ3v) is 2.99. The first-order valence-electron chi connectivity index (χ1n) is 6.15. The van der Waals surface area contributed by atoms with Crippen LogP contribution in [0.4, 0.5) is 0 Å². The fourth-order valence-electron chi connectivity index (χ4n) is 1.82. The van der Waals surface area contributed by atoms with Gasteiger partial charge in [-0.1, -0.05) is 12.8 Å². The van der Waals surface area contributed by atoms with Gasteiger partial charge in [0.1, 0.15) is 0 Å². The summed E-state index contributed by atoms with van der Waals surface area (Å²) in [5.41, 5.74) is 0.699. The second-order valence-electron chi connectivity index (χ2n) is 4.32. The van der Waals surface area contributed by atoms with E-state index in [1.54, 1.807) is 6.08 Å². The first kappa shape index (κ1) is 45.0. The molecule has 0 aromatic rings. The van der Waals surface area contributed by atoms with Crippen LogP contribution in [0.15, 0.2) is 11.6 Å². The number of nitrogens with zero attached hydrogens (tertiary/aromatic N) is 2. The Kier molecular flexibility index (Phi) is 49.0. The van der Waals surface area contributed by atoms with E-state index in [1.807, 2.05) is 0 Å². The van der Waals surface area contributed by atoms with Crippen molar-refractivity contribution in [2.75, 3.05) is 26.2 Å². The van der Waals surface area contributed by atoms with Gasteiger partial charge in [0.25, 0.3) is 0 Å². The molecule has 0 atom stereocenters. The number of aliphatic hydroxyl groups excluding tert-OH is 1. The normalized spacial score (nSPS) is 15.1. The molecule has 25 heavy (non-hydrogen) atoms. The molecule has 0 spiro atoms. The number of rotatable bonds is 2. The minimum absolute atomic E-state index is 0. The zero-order valence-electron chi connectivity index (χ0n) is 13.0. The predicted molar refractivity (Wildman–Crippen MR) is 78.3 cm³/mol. The summed E-state index contributed by atoms with van der Waals surface area (Å²) in [7, 11) is 0. The fourth-order valence-corrected chi connectivity index (χ4v) is 1.82. The van der Waals surface area contributed by atoms with Gasteiger partial charge >= 0.3 is 23.0 Å². The third kappa shape index (κ3) is 21.2. The van der Waals surface area contributed by atoms with Crippen LogP contribution < -0.4 is 0 Å². The van der Waals surface area contributed by atoms with Crippen molar-refractivity contribution in [3.63, 3.8) is 0 Å². The van der Waals surface area contributed by atoms with Crippen molar-refractivity contribution in [1.82, 2.24) is 0 Å². The summed E-state index contributed by atoms with van der Waals surface area (Å²) in [6, 6.07) is 0. The fraction of sp³-hybridized carbons (Fsp3) is 0.750. The minimum Gasteiger partial charge on any atom is -0.662 e. The molecule has 0 aliphatic carbocycles. The van der Waals surface area contributed by atoms with E-state index in [1.165, 1.54) is 0 Å². The molecule has 1 saturated heterocycles. The maximum absolute atomic E-state index is 10.3. The molecule has 170 valence electrons. The Balaban J connectivity index is -0.0000000405. The summed E-state index contributed by atoms with van der Waals surface area (Å²) in [5, 5.41) is 33.8. The molecule has 0 amide bonds. The summed E-state index contributed by atoms with van der Waals surface area (Å²) >= 11 is 0. The zero-order valence-corrected chi connectivity index (χ0v) is 16.8. The molecule has 2 aliphatic rings. The van der Waals surface area contributed by atoms with Crippen molar-refractivity contribution in [3.8, 4) is 0 Å². The number of hydrogen-bond donors (Lipinski definition) is 3. The van der Waals surface area contributed by atoms with Crippen LogP contribution in [0.5, 0.6) is 0 Å². The average Bonchev–Trinajstić information content (AvgIpc) is 2.41. The van der Waals surface area contributed by atoms with Gasteiger partial charge in [-0.15, -0.1) is 32.3 Å². The molecule has 2 rings (SSSR count). The molecule has 0 aromatic carbocycles. The third-order valence-electron chi connectivity index (χ3n) is 2.99. The number of carbonyl (C=O) groups is 1. The first-order chi connectivity index (χ1) is 8.61. The molecular weight excluding hydrogens is 538 g/mol. The zero-order chi connectivity index (χ0) is 13.4. The molecule has 0 unspecified atom stereocenters. The van der Waals surface area contributed by atoms with Crippen molar-refractivity contribution in [2.45, 2.75) is 25.6 Å². The standard InChI is InChI=1S/2C6H10NO2.4Cu.3H2O/c2*8-6(9)5-1-3-7-4-2-5;;;;;;;/h5H,1-4H2,(H,8,9);1,6,8-9H,2-4H2;;;;;3*1H2/q2*-1;;;;+2;;;. The van der Waals surface area contributed by atoms with E-state index in [0.29, 0.717) is 18.5 Å². The number of aliphatic hydroxyl groups is 2. The largest absolute Gasteiger partial charge is 2.00 e. The van der Waals surface area contributed by atoms with Crippen LogP contribution in [0, 0.1) is 5.92 Å². The number of piperidine rings is 1. The van der Waals surface area contributed by atoms with Crippen molar-refractivity contribution in [3.05, 3.63) is 22.3 Å². The molecular formula is C12H26Cu4N2O7. The van der Waals surface area contributed by atoms with Gasteiger partial charge in [-0.25, -0.2) is 0 Å². The molecule has 2 aliphatic heterocycles. The van der Waals surface area contributed by atoms with Crippen LogP contribution in [0.25, 0.3) is 10.6 Å². The predicted octanol–water partition coefficient (Wildman–Crippen LogP) is -1.63. The number of aliphatic carboxylic acids is 1. The Morgan fingerprint density at radius 2 is 1.48 bits per heavy atom. The summed E-state index contributed by atoms with van der Waals surface area (Å²) in [6.07, 6.45) is 2.65. The Labute approximate surface area is 190 Å². The first-order valence-corrected chi connectivity index (χ1v) is 6.15. The molecule has 0 saturated carbocycles. The van der Waals surface area contributed by atoms with Crippen molar-refractivity contribution in [1.29, 1.82) is 0 Å². The van der Waals surface area contributed by atoms with Gasteiger partial charge in [0, 0.05) is 51.2 Å². The number of carboxylic acid groups (broad SMARTS) is 1. The van der Waals surface area contributed by atoms with E-state index in [9.17, 15) is 4.79 Å². The monoisotopic (exact) mass is 562 g/mol. The molecule has 1 fully saturated rings. The van der Waals surface area contributed by atoms with Gasteiger partial charge in [0.2, 0.25) is 0 Å². The summed E-state index contributed by atoms with van der Waals surface area (Å²) < 4.78 is 0. The van der Waals surface area contributed by atoms with Crippen LogP contribution >= 0.6 is 0 Å². The number of hydrogen-bond acceptors (Lipinski definition) is 3. The van der Waals surface area contributed by atoms with Crippen LogP contribution in [-0.2, 0) is 73.1 Å². The minimum atomic E-state index is -1.26. The summed E-state index contributed by atoms with van der Waals surface area (Å²) in [5.74, 6) is -0.785. The van der Waals surface area contributed by atoms with E-state index in [2.05, 4.69) is 10.6 Å². The molecule has 0 aromatic heterocycles. The van der Waals surface area contributed by atoms with E-state index < -0.39 is 12.3 Å². The number of carboxylic acids is 1. The second kappa shape index (κ2) is 27.2. The van der Waals surface area contributed by atoms with E-state index >= 15 is 0 Å². The van der Waals surface area contributed by atoms with E-state index in [4.69, 9.17) is 15.3 Å². The van der Waals surface area contributed by atoms with Gasteiger partial charge in [0.15, 0.2) is 6.29 Å². The summed E-state index contributed by atoms with van der Waals surface area (Å²) in [6.45, 7) is 2.82. The maximum Gasteiger partial charge on any atom is 2.00 e. The topological polar surface area (TPSA) is 200 Å². The van der Waals surface area contributed by atoms with Crippen molar-refractivity contribution < 1.29 is 105 Å². The Bertz CT molecular complexity index is 307. The van der Waals surface area contributed by atoms with E-state index in [-0.39, 0.29) is 90.6 Å². The van der Waals surface area contributed by atoms with E-state index in [0.717, 1.165) is 32.5 Å². The Morgan fingerprint density at radius 3 is 1.72 bits per heavy atom. The van der Waals surface area contributed by atoms with Gasteiger partial charge in [-0.3, -0.25) is 4.79 Å². The molecule has 13 heteroatoms. The van der Waals surface area contributed by atoms with Crippen LogP contribution in [0.1, 0.15) is 19.3 Å². The van der Waals surface area contributed by atoms with Crippen molar-refractivity contribution in [2.24, 2.45) is 5.92 Å². The van der Waals surface area contributed by atoms with Crippen LogP contribution in [-0.4, -0.2) is 70.2 Å². The average molecular weight is 565 g/mol. The molecule has 4 radical (unpaired) electrons. The molecule has 2 heterocycles. The van der Waals surface area contributed by atoms with Crippen molar-refractivity contribution >= 4 is 5.97 Å². The molecule has 9 N–H and O–H groups in total. The smallest absolute Gasteiger partial charge is 0.662 e. The SMILES string of the molecule is O.O.O.O=C(O)C1CC[N-]CC1.OC(O)C1=CC[N-]CC1.[Cu+2].[Cu].[Cu].[Cu].